The van der Waals surface area contributed by atoms with Gasteiger partial charge in [0.2, 0.25) is 0 Å². The van der Waals surface area contributed by atoms with Crippen LogP contribution in [0, 0.1) is 73.7 Å². The maximum absolute atomic E-state index is 7.50. The van der Waals surface area contributed by atoms with Crippen LogP contribution in [0.1, 0.15) is 11.1 Å². The van der Waals surface area contributed by atoms with Gasteiger partial charge < -0.3 is 11.5 Å². The quantitative estimate of drug-likeness (QED) is 0.184. The Morgan fingerprint density at radius 2 is 0.710 bits per heavy atom. The molecule has 0 saturated heterocycles. The van der Waals surface area contributed by atoms with Gasteiger partial charge in [0, 0.05) is 44.6 Å². The van der Waals surface area contributed by atoms with Gasteiger partial charge in [0.15, 0.2) is 0 Å². The third-order valence-electron chi connectivity index (χ3n) is 1.67. The Balaban J connectivity index is -0.0000000149. The molecule has 1 aromatic rings. The number of nitrogens with two attached hydrogens (primary N) is 1. The topological polar surface area (TPSA) is 229 Å². The summed E-state index contributed by atoms with van der Waals surface area (Å²) in [7, 11) is 0. The fraction of sp³-hybridized carbons (Fsp3) is 0.118. The smallest absolute Gasteiger partial charge is 0 e. The molecule has 0 saturated carbocycles. The van der Waals surface area contributed by atoms with Gasteiger partial charge in [0.05, 0.1) is 0 Å². The second-order valence-electron chi connectivity index (χ2n) is 2.52. The molecule has 0 aromatic heterocycles. The molecule has 1 aromatic carbocycles. The molecule has 0 spiro atoms. The molecule has 167 valence electrons. The van der Waals surface area contributed by atoms with E-state index in [4.69, 9.17) is 53.3 Å². The summed E-state index contributed by atoms with van der Waals surface area (Å²) in [5.41, 5.74) is 16.1. The Kier molecular flexibility index (Phi) is 351. The van der Waals surface area contributed by atoms with Crippen molar-refractivity contribution in [1.82, 2.24) is 0 Å². The van der Waals surface area contributed by atoms with Crippen LogP contribution in [0.4, 0.5) is 11.4 Å². The zero-order valence-electron chi connectivity index (χ0n) is 15.5. The molecule has 0 unspecified atom stereocenters. The van der Waals surface area contributed by atoms with Gasteiger partial charge >= 0.3 is 121 Å². The van der Waals surface area contributed by atoms with Crippen LogP contribution in [-0.4, -0.2) is 0 Å². The summed E-state index contributed by atoms with van der Waals surface area (Å²) in [6, 6.07) is 3.61. The monoisotopic (exact) mass is 693 g/mol. The number of hydrogen-bond donors (Lipinski definition) is 1. The zero-order chi connectivity index (χ0) is 25.7. The fourth-order valence-corrected chi connectivity index (χ4v) is 0.839. The molecule has 11 nitrogen and oxygen atoms in total. The molecule has 0 aliphatic heterocycles. The van der Waals surface area contributed by atoms with E-state index in [1.807, 2.05) is 19.9 Å². The van der Waals surface area contributed by atoms with Crippen molar-refractivity contribution in [3.63, 3.8) is 0 Å². The average Bonchev–Trinajstić information content (AvgIpc) is 2.84. The molecule has 0 amide bonds. The number of nitrogens with one attached hydrogen (secondary N) is 1. The van der Waals surface area contributed by atoms with Crippen LogP contribution in [0.5, 0.6) is 0 Å². The summed E-state index contributed by atoms with van der Waals surface area (Å²) in [6.45, 7) is 44.5. The zero-order valence-corrected chi connectivity index (χ0v) is 20.7. The first-order valence-electron chi connectivity index (χ1n) is 5.03. The molecular formula is C17H11N2O9Ru3. The standard InChI is InChI=1S/C8H11N2.9CO.3Ru/c1-5-3-7(9)8(10)4-6(5)2;9*1-2;;;/h3-4,9H,10H2,1-2H3;;;;;;;;;;;;/q-1;;;;;;;;;;;;+1. The number of nitrogen functional groups attached to an aromatic ring is 1. The van der Waals surface area contributed by atoms with E-state index >= 15 is 0 Å². The minimum atomic E-state index is 0. The molecule has 0 heterocycles. The second-order valence-corrected chi connectivity index (χ2v) is 2.52. The van der Waals surface area contributed by atoms with E-state index in [1.165, 1.54) is 0 Å². The van der Waals surface area contributed by atoms with E-state index in [1.54, 1.807) is 6.07 Å². The largest absolute Gasteiger partial charge is 1.00 e. The fourth-order valence-electron chi connectivity index (χ4n) is 0.839. The van der Waals surface area contributed by atoms with Crippen molar-refractivity contribution in [3.8, 4) is 0 Å². The van der Waals surface area contributed by atoms with Crippen molar-refractivity contribution in [1.29, 1.82) is 0 Å². The molecule has 1 rings (SSSR count). The molecular weight excluding hydrogens is 679 g/mol. The van der Waals surface area contributed by atoms with E-state index in [2.05, 4.69) is 59.9 Å². The van der Waals surface area contributed by atoms with Gasteiger partial charge in [-0.2, -0.15) is 0 Å². The van der Waals surface area contributed by atoms with Crippen LogP contribution in [0.3, 0.4) is 0 Å². The molecule has 0 fully saturated rings. The van der Waals surface area contributed by atoms with Crippen LogP contribution in [0.2, 0.25) is 0 Å². The number of aryl methyl sites for hydroxylation is 2. The van der Waals surface area contributed by atoms with Crippen LogP contribution in [-0.2, 0) is 100 Å². The van der Waals surface area contributed by atoms with Gasteiger partial charge in [-0.1, -0.05) is 6.07 Å². The van der Waals surface area contributed by atoms with Crippen molar-refractivity contribution < 1.29 is 100 Å². The first kappa shape index (κ1) is 78.4. The minimum Gasteiger partial charge on any atom is 0 e. The maximum atomic E-state index is 7.50. The molecule has 3 N–H and O–H groups in total. The summed E-state index contributed by atoms with van der Waals surface area (Å²) in [6.07, 6.45) is 0. The van der Waals surface area contributed by atoms with Crippen LogP contribution in [0.25, 0.3) is 5.73 Å². The molecule has 1 radical (unpaired) electrons. The Labute approximate surface area is 219 Å². The number of hydrogen-bond acceptors (Lipinski definition) is 1. The van der Waals surface area contributed by atoms with Crippen LogP contribution >= 0.6 is 0 Å². The summed E-state index contributed by atoms with van der Waals surface area (Å²) in [4.78, 5) is 0. The van der Waals surface area contributed by atoms with Crippen molar-refractivity contribution in [2.24, 2.45) is 0 Å². The number of anilines is 1. The van der Waals surface area contributed by atoms with Crippen molar-refractivity contribution in [2.45, 2.75) is 13.8 Å². The Hall–Kier alpha value is -1.65. The van der Waals surface area contributed by atoms with Crippen LogP contribution in [0.15, 0.2) is 12.1 Å². The summed E-state index contributed by atoms with van der Waals surface area (Å²) in [5, 5.41) is 0. The van der Waals surface area contributed by atoms with Crippen LogP contribution < -0.4 is 5.73 Å². The predicted octanol–water partition coefficient (Wildman–Crippen LogP) is 2.22. The van der Waals surface area contributed by atoms with Crippen molar-refractivity contribution in [3.05, 3.63) is 88.8 Å². The van der Waals surface area contributed by atoms with Crippen molar-refractivity contribution in [2.75, 3.05) is 5.73 Å². The van der Waals surface area contributed by atoms with E-state index in [0.717, 1.165) is 11.1 Å². The van der Waals surface area contributed by atoms with Gasteiger partial charge in [0.1, 0.15) is 0 Å². The maximum Gasteiger partial charge on any atom is 1.00 e. The first-order valence-corrected chi connectivity index (χ1v) is 5.03. The molecule has 14 heteroatoms. The number of benzene rings is 1. The summed E-state index contributed by atoms with van der Waals surface area (Å²) in [5.74, 6) is 0. The second kappa shape index (κ2) is 139. The van der Waals surface area contributed by atoms with E-state index < -0.39 is 0 Å². The molecule has 0 atom stereocenters. The summed E-state index contributed by atoms with van der Waals surface area (Å²) < 4.78 is 67.5. The molecule has 0 bridgehead atoms. The molecule has 0 aliphatic carbocycles. The van der Waals surface area contributed by atoms with Gasteiger partial charge in [-0.05, 0) is 31.0 Å². The normalized spacial score (nSPS) is 3.74. The molecule has 31 heavy (non-hydrogen) atoms. The Bertz CT molecular complexity index is 483. The van der Waals surface area contributed by atoms with Crippen molar-refractivity contribution >= 4 is 11.4 Å². The van der Waals surface area contributed by atoms with Gasteiger partial charge in [-0.3, -0.25) is 0 Å². The van der Waals surface area contributed by atoms with E-state index in [0.29, 0.717) is 11.4 Å². The van der Waals surface area contributed by atoms with Gasteiger partial charge in [-0.25, -0.2) is 0 Å². The third-order valence-corrected chi connectivity index (χ3v) is 1.67. The Morgan fingerprint density at radius 3 is 0.871 bits per heavy atom. The third kappa shape index (κ3) is 95.6. The van der Waals surface area contributed by atoms with Gasteiger partial charge in [0.25, 0.3) is 0 Å². The Morgan fingerprint density at radius 1 is 0.548 bits per heavy atom. The SMILES string of the molecule is Cc1cc([NH-])c(N)cc1C.[C-]#[O+].[C-]#[O+].[C-]#[O+].[C-]#[O+].[C-]#[O+].[C-]#[O+].[C-]#[O+].[C-]#[O+].[C-]#[O+].[Ru+].[Ru].[Ru]. The minimum absolute atomic E-state index is 0. The average molecular weight is 690 g/mol. The molecule has 0 aliphatic rings. The van der Waals surface area contributed by atoms with Gasteiger partial charge in [-0.15, -0.1) is 5.69 Å². The number of rotatable bonds is 0. The predicted molar refractivity (Wildman–Crippen MR) is 79.7 cm³/mol. The first-order chi connectivity index (χ1) is 13.6. The van der Waals surface area contributed by atoms with E-state index in [9.17, 15) is 0 Å². The summed E-state index contributed by atoms with van der Waals surface area (Å²) >= 11 is 0. The van der Waals surface area contributed by atoms with E-state index in [-0.39, 0.29) is 58.4 Å².